The summed E-state index contributed by atoms with van der Waals surface area (Å²) in [7, 11) is -2.70. The van der Waals surface area contributed by atoms with Crippen LogP contribution in [-0.2, 0) is 11.0 Å². The largest absolute Gasteiger partial charge is 0.465 e. The zero-order chi connectivity index (χ0) is 23.2. The maximum absolute atomic E-state index is 12.1. The monoisotopic (exact) mass is 447 g/mol. The van der Waals surface area contributed by atoms with Crippen molar-refractivity contribution < 1.29 is 14.3 Å². The number of amides is 1. The van der Waals surface area contributed by atoms with E-state index in [9.17, 15) is 9.90 Å². The quantitative estimate of drug-likeness (QED) is 0.487. The third-order valence-electron chi connectivity index (χ3n) is 5.93. The highest BCUT2D eigenvalue weighted by atomic mass is 28.4. The van der Waals surface area contributed by atoms with E-state index in [0.717, 1.165) is 5.56 Å². The van der Waals surface area contributed by atoms with E-state index in [-0.39, 0.29) is 11.1 Å². The lowest BCUT2D eigenvalue weighted by atomic mass is 10.2. The summed E-state index contributed by atoms with van der Waals surface area (Å²) in [6, 6.07) is 30.2. The molecule has 3 aromatic rings. The third-order valence-corrected chi connectivity index (χ3v) is 10.9. The molecule has 32 heavy (non-hydrogen) atoms. The van der Waals surface area contributed by atoms with E-state index in [1.165, 1.54) is 15.3 Å². The van der Waals surface area contributed by atoms with Crippen molar-refractivity contribution in [1.82, 2.24) is 4.90 Å². The Kier molecular flexibility index (Phi) is 7.54. The van der Waals surface area contributed by atoms with E-state index < -0.39 is 14.4 Å². The van der Waals surface area contributed by atoms with Gasteiger partial charge in [0, 0.05) is 6.54 Å². The van der Waals surface area contributed by atoms with Crippen LogP contribution in [0.2, 0.25) is 5.04 Å². The Bertz CT molecular complexity index is 948. The predicted molar refractivity (Wildman–Crippen MR) is 133 cm³/mol. The molecule has 5 heteroatoms. The molecule has 3 rings (SSSR count). The summed E-state index contributed by atoms with van der Waals surface area (Å²) in [5.74, 6) is 0. The number of nitrogens with zero attached hydrogens (tertiary/aromatic N) is 1. The first-order chi connectivity index (χ1) is 15.3. The average molecular weight is 448 g/mol. The van der Waals surface area contributed by atoms with Crippen LogP contribution in [0, 0.1) is 0 Å². The van der Waals surface area contributed by atoms with Gasteiger partial charge in [-0.3, -0.25) is 4.90 Å². The fraction of sp³-hybridized carbons (Fsp3) is 0.296. The van der Waals surface area contributed by atoms with Crippen LogP contribution in [0.4, 0.5) is 4.79 Å². The number of hydrogen-bond acceptors (Lipinski definition) is 2. The molecule has 0 spiro atoms. The van der Waals surface area contributed by atoms with Gasteiger partial charge in [0.05, 0.1) is 12.6 Å². The summed E-state index contributed by atoms with van der Waals surface area (Å²) < 4.78 is 6.93. The highest BCUT2D eigenvalue weighted by Gasteiger charge is 2.50. The normalized spacial score (nSPS) is 12.9. The summed E-state index contributed by atoms with van der Waals surface area (Å²) in [4.78, 5) is 13.6. The zero-order valence-electron chi connectivity index (χ0n) is 19.4. The van der Waals surface area contributed by atoms with E-state index in [1.807, 2.05) is 49.4 Å². The number of carboxylic acid groups (broad SMARTS) is 1. The van der Waals surface area contributed by atoms with E-state index in [4.69, 9.17) is 4.43 Å². The molecule has 0 aliphatic heterocycles. The van der Waals surface area contributed by atoms with Gasteiger partial charge >= 0.3 is 6.09 Å². The SMILES string of the molecule is C[C@@H](CO[Si](c1ccccc1)(c1ccccc1)C(C)(C)C)N(Cc1ccccc1)C(=O)O. The van der Waals surface area contributed by atoms with Crippen LogP contribution in [-0.4, -0.2) is 37.1 Å². The Morgan fingerprint density at radius 1 is 0.875 bits per heavy atom. The minimum atomic E-state index is -2.70. The highest BCUT2D eigenvalue weighted by molar-refractivity contribution is 6.99. The second-order valence-electron chi connectivity index (χ2n) is 9.22. The number of benzene rings is 3. The highest BCUT2D eigenvalue weighted by Crippen LogP contribution is 2.37. The summed E-state index contributed by atoms with van der Waals surface area (Å²) in [6.07, 6.45) is -0.938. The van der Waals surface area contributed by atoms with Crippen LogP contribution in [0.25, 0.3) is 0 Å². The van der Waals surface area contributed by atoms with Gasteiger partial charge in [-0.2, -0.15) is 0 Å². The molecule has 1 N–H and O–H groups in total. The van der Waals surface area contributed by atoms with Crippen molar-refractivity contribution in [2.75, 3.05) is 6.61 Å². The van der Waals surface area contributed by atoms with Crippen LogP contribution in [0.1, 0.15) is 33.3 Å². The van der Waals surface area contributed by atoms with Crippen molar-refractivity contribution in [2.45, 2.75) is 45.3 Å². The van der Waals surface area contributed by atoms with Crippen LogP contribution in [0.3, 0.4) is 0 Å². The van der Waals surface area contributed by atoms with Crippen LogP contribution >= 0.6 is 0 Å². The van der Waals surface area contributed by atoms with Gasteiger partial charge in [0.25, 0.3) is 8.32 Å². The van der Waals surface area contributed by atoms with Crippen molar-refractivity contribution in [2.24, 2.45) is 0 Å². The van der Waals surface area contributed by atoms with Crippen molar-refractivity contribution >= 4 is 24.8 Å². The van der Waals surface area contributed by atoms with Gasteiger partial charge in [0.1, 0.15) is 0 Å². The molecule has 1 atom stereocenters. The Morgan fingerprint density at radius 2 is 1.31 bits per heavy atom. The van der Waals surface area contributed by atoms with Crippen LogP contribution < -0.4 is 10.4 Å². The third kappa shape index (κ3) is 5.11. The lowest BCUT2D eigenvalue weighted by Gasteiger charge is -2.44. The standard InChI is InChI=1S/C27H33NO3Si/c1-22(28(26(29)30)20-23-14-8-5-9-15-23)21-31-32(27(2,3)4,24-16-10-6-11-17-24)25-18-12-7-13-19-25/h5-19,22H,20-21H2,1-4H3,(H,29,30)/t22-/m0/s1. The molecule has 0 saturated carbocycles. The molecule has 0 fully saturated rings. The van der Waals surface area contributed by atoms with E-state index in [0.29, 0.717) is 13.2 Å². The molecule has 0 bridgehead atoms. The summed E-state index contributed by atoms with van der Waals surface area (Å²) in [5.41, 5.74) is 0.965. The summed E-state index contributed by atoms with van der Waals surface area (Å²) in [5, 5.41) is 12.1. The van der Waals surface area contributed by atoms with Crippen molar-refractivity contribution in [1.29, 1.82) is 0 Å². The van der Waals surface area contributed by atoms with Gasteiger partial charge < -0.3 is 9.53 Å². The second-order valence-corrected chi connectivity index (χ2v) is 13.5. The Hall–Kier alpha value is -2.89. The molecule has 0 heterocycles. The van der Waals surface area contributed by atoms with Crippen LogP contribution in [0.5, 0.6) is 0 Å². The fourth-order valence-corrected chi connectivity index (χ4v) is 8.94. The molecule has 4 nitrogen and oxygen atoms in total. The molecule has 3 aromatic carbocycles. The van der Waals surface area contributed by atoms with E-state index in [1.54, 1.807) is 0 Å². The van der Waals surface area contributed by atoms with Gasteiger partial charge in [-0.25, -0.2) is 4.79 Å². The molecule has 168 valence electrons. The van der Waals surface area contributed by atoms with E-state index in [2.05, 4.69) is 69.3 Å². The predicted octanol–water partition coefficient (Wildman–Crippen LogP) is 5.13. The van der Waals surface area contributed by atoms with E-state index >= 15 is 0 Å². The molecule has 0 unspecified atom stereocenters. The summed E-state index contributed by atoms with van der Waals surface area (Å²) in [6.45, 7) is 9.26. The topological polar surface area (TPSA) is 49.8 Å². The number of rotatable bonds is 8. The lowest BCUT2D eigenvalue weighted by molar-refractivity contribution is 0.103. The van der Waals surface area contributed by atoms with Gasteiger partial charge in [0.15, 0.2) is 0 Å². The fourth-order valence-electron chi connectivity index (χ4n) is 4.29. The van der Waals surface area contributed by atoms with Crippen molar-refractivity contribution in [3.63, 3.8) is 0 Å². The maximum atomic E-state index is 12.1. The zero-order valence-corrected chi connectivity index (χ0v) is 20.4. The first kappa shape index (κ1) is 23.8. The van der Waals surface area contributed by atoms with Gasteiger partial charge in [-0.05, 0) is 27.9 Å². The van der Waals surface area contributed by atoms with Crippen molar-refractivity contribution in [3.05, 3.63) is 96.6 Å². The first-order valence-corrected chi connectivity index (χ1v) is 12.9. The first-order valence-electron chi connectivity index (χ1n) is 11.0. The Balaban J connectivity index is 1.95. The maximum Gasteiger partial charge on any atom is 0.407 e. The minimum absolute atomic E-state index is 0.150. The molecule has 0 aliphatic rings. The molecule has 0 aliphatic carbocycles. The molecule has 0 radical (unpaired) electrons. The second kappa shape index (κ2) is 10.2. The Morgan fingerprint density at radius 3 is 1.72 bits per heavy atom. The molecular weight excluding hydrogens is 414 g/mol. The summed E-state index contributed by atoms with van der Waals surface area (Å²) >= 11 is 0. The lowest BCUT2D eigenvalue weighted by Crippen LogP contribution is -2.67. The smallest absolute Gasteiger partial charge is 0.407 e. The van der Waals surface area contributed by atoms with Gasteiger partial charge in [-0.1, -0.05) is 112 Å². The van der Waals surface area contributed by atoms with Crippen LogP contribution in [0.15, 0.2) is 91.0 Å². The minimum Gasteiger partial charge on any atom is -0.465 e. The Labute approximate surface area is 192 Å². The van der Waals surface area contributed by atoms with Crippen molar-refractivity contribution in [3.8, 4) is 0 Å². The molecule has 0 saturated heterocycles. The number of hydrogen-bond donors (Lipinski definition) is 1. The molecular formula is C27H33NO3Si. The molecule has 1 amide bonds. The number of carbonyl (C=O) groups is 1. The van der Waals surface area contributed by atoms with Gasteiger partial charge in [0.2, 0.25) is 0 Å². The molecule has 0 aromatic heterocycles. The van der Waals surface area contributed by atoms with Gasteiger partial charge in [-0.15, -0.1) is 0 Å². The average Bonchev–Trinajstić information content (AvgIpc) is 2.79.